The zero-order chi connectivity index (χ0) is 18.4. The highest BCUT2D eigenvalue weighted by atomic mass is 32.2. The molecule has 0 spiro atoms. The lowest BCUT2D eigenvalue weighted by atomic mass is 10.0. The van der Waals surface area contributed by atoms with Gasteiger partial charge >= 0.3 is 0 Å². The van der Waals surface area contributed by atoms with Crippen LogP contribution in [0.2, 0.25) is 0 Å². The molecule has 2 rings (SSSR count). The van der Waals surface area contributed by atoms with Gasteiger partial charge in [-0.05, 0) is 56.4 Å². The first kappa shape index (κ1) is 19.9. The molecule has 1 N–H and O–H groups in total. The van der Waals surface area contributed by atoms with Crippen LogP contribution in [0.3, 0.4) is 0 Å². The summed E-state index contributed by atoms with van der Waals surface area (Å²) in [7, 11) is -3.46. The number of ether oxygens (including phenoxy) is 1. The molecule has 1 fully saturated rings. The van der Waals surface area contributed by atoms with Crippen LogP contribution in [0, 0.1) is 5.92 Å². The van der Waals surface area contributed by atoms with Gasteiger partial charge in [0.25, 0.3) is 5.91 Å². The lowest BCUT2D eigenvalue weighted by Crippen LogP contribution is -2.37. The molecule has 0 saturated carbocycles. The number of nitrogens with one attached hydrogen (secondary N) is 1. The number of nitrogens with zero attached hydrogens (tertiary/aromatic N) is 1. The van der Waals surface area contributed by atoms with Crippen molar-refractivity contribution in [2.75, 3.05) is 25.0 Å². The maximum atomic E-state index is 12.7. The van der Waals surface area contributed by atoms with Crippen molar-refractivity contribution in [2.24, 2.45) is 5.92 Å². The van der Waals surface area contributed by atoms with Gasteiger partial charge in [0.05, 0.1) is 4.90 Å². The van der Waals surface area contributed by atoms with E-state index < -0.39 is 16.1 Å². The van der Waals surface area contributed by atoms with E-state index in [0.29, 0.717) is 37.7 Å². The normalized spacial score (nSPS) is 18.0. The molecule has 0 aliphatic carbocycles. The van der Waals surface area contributed by atoms with Crippen molar-refractivity contribution >= 4 is 21.6 Å². The third-order valence-corrected chi connectivity index (χ3v) is 6.45. The Morgan fingerprint density at radius 2 is 1.84 bits per heavy atom. The Morgan fingerprint density at radius 1 is 1.24 bits per heavy atom. The van der Waals surface area contributed by atoms with Crippen LogP contribution in [0.25, 0.3) is 0 Å². The smallest absolute Gasteiger partial charge is 0.253 e. The number of anilines is 1. The number of rotatable bonds is 7. The number of piperidine rings is 1. The predicted octanol–water partition coefficient (Wildman–Crippen LogP) is 2.86. The Bertz CT molecular complexity index is 665. The molecule has 1 unspecified atom stereocenters. The van der Waals surface area contributed by atoms with Crippen molar-refractivity contribution in [1.29, 1.82) is 0 Å². The fraction of sp³-hybridized carbons (Fsp3) is 0.611. The Morgan fingerprint density at radius 3 is 2.36 bits per heavy atom. The maximum Gasteiger partial charge on any atom is 0.253 e. The highest BCUT2D eigenvalue weighted by molar-refractivity contribution is 7.89. The summed E-state index contributed by atoms with van der Waals surface area (Å²) in [6, 6.07) is 6.33. The van der Waals surface area contributed by atoms with Crippen LogP contribution in [0.4, 0.5) is 5.69 Å². The highest BCUT2D eigenvalue weighted by Crippen LogP contribution is 2.24. The second-order valence-corrected chi connectivity index (χ2v) is 8.39. The van der Waals surface area contributed by atoms with Gasteiger partial charge in [0, 0.05) is 25.4 Å². The third kappa shape index (κ3) is 5.03. The molecule has 1 aliphatic heterocycles. The molecule has 1 aliphatic rings. The van der Waals surface area contributed by atoms with Crippen molar-refractivity contribution in [3.05, 3.63) is 24.3 Å². The average Bonchev–Trinajstić information content (AvgIpc) is 2.60. The Kier molecular flexibility index (Phi) is 6.98. The SMILES string of the molecule is CCOC(CC)C(=O)Nc1ccc(S(=O)(=O)N2CCC(C)CC2)cc1. The van der Waals surface area contributed by atoms with Crippen LogP contribution in [0.15, 0.2) is 29.2 Å². The van der Waals surface area contributed by atoms with Crippen molar-refractivity contribution < 1.29 is 17.9 Å². The third-order valence-electron chi connectivity index (χ3n) is 4.53. The lowest BCUT2D eigenvalue weighted by molar-refractivity contribution is -0.127. The molecule has 1 atom stereocenters. The molecular weight excluding hydrogens is 340 g/mol. The number of benzene rings is 1. The summed E-state index contributed by atoms with van der Waals surface area (Å²) in [5.41, 5.74) is 0.564. The van der Waals surface area contributed by atoms with Gasteiger partial charge in [-0.2, -0.15) is 4.31 Å². The molecule has 140 valence electrons. The summed E-state index contributed by atoms with van der Waals surface area (Å²) in [4.78, 5) is 12.4. The molecule has 1 heterocycles. The summed E-state index contributed by atoms with van der Waals surface area (Å²) in [6.45, 7) is 7.47. The van der Waals surface area contributed by atoms with Gasteiger partial charge in [0.15, 0.2) is 0 Å². The number of hydrogen-bond acceptors (Lipinski definition) is 4. The van der Waals surface area contributed by atoms with Gasteiger partial charge in [0.2, 0.25) is 10.0 Å². The summed E-state index contributed by atoms with van der Waals surface area (Å²) in [6.07, 6.45) is 1.87. The molecule has 0 aromatic heterocycles. The molecule has 1 saturated heterocycles. The summed E-state index contributed by atoms with van der Waals surface area (Å²) >= 11 is 0. The van der Waals surface area contributed by atoms with E-state index in [4.69, 9.17) is 4.74 Å². The minimum atomic E-state index is -3.46. The van der Waals surface area contributed by atoms with Crippen LogP contribution < -0.4 is 5.32 Å². The summed E-state index contributed by atoms with van der Waals surface area (Å²) in [5.74, 6) is 0.353. The van der Waals surface area contributed by atoms with Gasteiger partial charge in [-0.1, -0.05) is 13.8 Å². The van der Waals surface area contributed by atoms with Crippen molar-refractivity contribution in [3.8, 4) is 0 Å². The van der Waals surface area contributed by atoms with Gasteiger partial charge in [-0.15, -0.1) is 0 Å². The predicted molar refractivity (Wildman–Crippen MR) is 97.9 cm³/mol. The van der Waals surface area contributed by atoms with Crippen LogP contribution in [0.1, 0.15) is 40.0 Å². The van der Waals surface area contributed by atoms with E-state index >= 15 is 0 Å². The number of carbonyl (C=O) groups is 1. The molecule has 1 aromatic carbocycles. The molecule has 0 bridgehead atoms. The fourth-order valence-electron chi connectivity index (χ4n) is 2.89. The van der Waals surface area contributed by atoms with E-state index in [2.05, 4.69) is 12.2 Å². The van der Waals surface area contributed by atoms with Crippen LogP contribution >= 0.6 is 0 Å². The van der Waals surface area contributed by atoms with Crippen LogP contribution in [-0.4, -0.2) is 44.4 Å². The number of amides is 1. The second kappa shape index (κ2) is 8.78. The number of sulfonamides is 1. The standard InChI is InChI=1S/C18H28N2O4S/c1-4-17(24-5-2)18(21)19-15-6-8-16(9-7-15)25(22,23)20-12-10-14(3)11-13-20/h6-9,14,17H,4-5,10-13H2,1-3H3,(H,19,21). The van der Waals surface area contributed by atoms with E-state index in [1.54, 1.807) is 28.6 Å². The van der Waals surface area contributed by atoms with Crippen molar-refractivity contribution in [3.63, 3.8) is 0 Å². The van der Waals surface area contributed by atoms with Crippen LogP contribution in [-0.2, 0) is 19.6 Å². The van der Waals surface area contributed by atoms with E-state index in [1.165, 1.54) is 0 Å². The van der Waals surface area contributed by atoms with Crippen molar-refractivity contribution in [2.45, 2.75) is 51.0 Å². The minimum Gasteiger partial charge on any atom is -0.369 e. The van der Waals surface area contributed by atoms with E-state index in [-0.39, 0.29) is 10.8 Å². The Hall–Kier alpha value is -1.44. The molecular formula is C18H28N2O4S. The average molecular weight is 368 g/mol. The highest BCUT2D eigenvalue weighted by Gasteiger charge is 2.28. The molecule has 6 nitrogen and oxygen atoms in total. The lowest BCUT2D eigenvalue weighted by Gasteiger charge is -2.29. The summed E-state index contributed by atoms with van der Waals surface area (Å²) in [5, 5.41) is 2.77. The van der Waals surface area contributed by atoms with E-state index in [1.807, 2.05) is 13.8 Å². The van der Waals surface area contributed by atoms with Gasteiger partial charge < -0.3 is 10.1 Å². The first-order valence-electron chi connectivity index (χ1n) is 8.91. The van der Waals surface area contributed by atoms with E-state index in [9.17, 15) is 13.2 Å². The molecule has 25 heavy (non-hydrogen) atoms. The monoisotopic (exact) mass is 368 g/mol. The molecule has 7 heteroatoms. The summed E-state index contributed by atoms with van der Waals surface area (Å²) < 4.78 is 32.3. The van der Waals surface area contributed by atoms with Crippen molar-refractivity contribution in [1.82, 2.24) is 4.31 Å². The zero-order valence-corrected chi connectivity index (χ0v) is 16.0. The van der Waals surface area contributed by atoms with Crippen LogP contribution in [0.5, 0.6) is 0 Å². The molecule has 1 aromatic rings. The molecule has 1 amide bonds. The fourth-order valence-corrected chi connectivity index (χ4v) is 4.36. The second-order valence-electron chi connectivity index (χ2n) is 6.45. The largest absolute Gasteiger partial charge is 0.369 e. The molecule has 0 radical (unpaired) electrons. The quantitative estimate of drug-likeness (QED) is 0.803. The first-order valence-corrected chi connectivity index (χ1v) is 10.3. The van der Waals surface area contributed by atoms with E-state index in [0.717, 1.165) is 12.8 Å². The van der Waals surface area contributed by atoms with Gasteiger partial charge in [-0.3, -0.25) is 4.79 Å². The minimum absolute atomic E-state index is 0.218. The number of carbonyl (C=O) groups excluding carboxylic acids is 1. The number of hydrogen-bond donors (Lipinski definition) is 1. The zero-order valence-electron chi connectivity index (χ0n) is 15.2. The topological polar surface area (TPSA) is 75.7 Å². The Labute approximate surface area is 150 Å². The maximum absolute atomic E-state index is 12.7. The van der Waals surface area contributed by atoms with Gasteiger partial charge in [-0.25, -0.2) is 8.42 Å². The van der Waals surface area contributed by atoms with Gasteiger partial charge in [0.1, 0.15) is 6.10 Å². The first-order chi connectivity index (χ1) is 11.9. The Balaban J connectivity index is 2.05.